The van der Waals surface area contributed by atoms with Crippen molar-refractivity contribution in [2.75, 3.05) is 0 Å². The second-order valence-electron chi connectivity index (χ2n) is 4.09. The predicted octanol–water partition coefficient (Wildman–Crippen LogP) is 1.72. The van der Waals surface area contributed by atoms with Crippen LogP contribution in [0.25, 0.3) is 0 Å². The lowest BCUT2D eigenvalue weighted by Gasteiger charge is -2.21. The van der Waals surface area contributed by atoms with E-state index in [0.717, 1.165) is 5.56 Å². The molecule has 0 radical (unpaired) electrons. The molecule has 2 N–H and O–H groups in total. The number of hydrogen-bond donors (Lipinski definition) is 1. The molecule has 1 aliphatic rings. The lowest BCUT2D eigenvalue weighted by atomic mass is 9.85. The second kappa shape index (κ2) is 4.43. The van der Waals surface area contributed by atoms with Gasteiger partial charge in [0, 0.05) is 12.0 Å². The summed E-state index contributed by atoms with van der Waals surface area (Å²) in [7, 11) is 0. The minimum Gasteiger partial charge on any atom is -0.301 e. The van der Waals surface area contributed by atoms with E-state index in [2.05, 4.69) is 0 Å². The minimum absolute atomic E-state index is 0.225. The van der Waals surface area contributed by atoms with Crippen LogP contribution in [0.1, 0.15) is 11.5 Å². The van der Waals surface area contributed by atoms with Gasteiger partial charge in [0.1, 0.15) is 6.07 Å². The van der Waals surface area contributed by atoms with Gasteiger partial charge in [-0.1, -0.05) is 36.4 Å². The summed E-state index contributed by atoms with van der Waals surface area (Å²) in [4.78, 5) is 10.4. The van der Waals surface area contributed by atoms with Gasteiger partial charge in [-0.15, -0.1) is 0 Å². The predicted molar refractivity (Wildman–Crippen MR) is 65.9 cm³/mol. The van der Waals surface area contributed by atoms with Crippen LogP contribution in [0.5, 0.6) is 0 Å². The highest BCUT2D eigenvalue weighted by atomic mass is 16.6. The van der Waals surface area contributed by atoms with Crippen LogP contribution in [0.2, 0.25) is 0 Å². The Morgan fingerprint density at radius 1 is 1.39 bits per heavy atom. The molecule has 0 saturated carbocycles. The molecule has 2 atom stereocenters. The molecule has 2 rings (SSSR count). The number of nitro groups is 1. The van der Waals surface area contributed by atoms with E-state index in [0.29, 0.717) is 0 Å². The average Bonchev–Trinajstić information content (AvgIpc) is 2.40. The van der Waals surface area contributed by atoms with E-state index < -0.39 is 10.5 Å². The van der Waals surface area contributed by atoms with Crippen molar-refractivity contribution in [1.82, 2.24) is 0 Å². The minimum atomic E-state index is -1.64. The van der Waals surface area contributed by atoms with Gasteiger partial charge in [-0.05, 0) is 11.6 Å². The van der Waals surface area contributed by atoms with Gasteiger partial charge in [0.25, 0.3) is 5.70 Å². The summed E-state index contributed by atoms with van der Waals surface area (Å²) in [5.41, 5.74) is 4.69. The maximum Gasteiger partial charge on any atom is 0.281 e. The Morgan fingerprint density at radius 3 is 2.61 bits per heavy atom. The van der Waals surface area contributed by atoms with Crippen molar-refractivity contribution >= 4 is 0 Å². The summed E-state index contributed by atoms with van der Waals surface area (Å²) in [5, 5.41) is 19.9. The van der Waals surface area contributed by atoms with Gasteiger partial charge >= 0.3 is 0 Å². The SMILES string of the molecule is N#CC1(N)C=CC(c2ccccc2)C=C1[N+](=O)[O-]. The Labute approximate surface area is 104 Å². The maximum absolute atomic E-state index is 11.0. The standard InChI is InChI=1S/C13H11N3O2/c14-9-13(15)7-6-11(8-12(13)16(17)18)10-4-2-1-3-5-10/h1-8,11H,15H2. The van der Waals surface area contributed by atoms with Crippen LogP contribution in [-0.4, -0.2) is 10.5 Å². The zero-order chi connectivity index (χ0) is 13.2. The van der Waals surface area contributed by atoms with E-state index >= 15 is 0 Å². The monoisotopic (exact) mass is 241 g/mol. The van der Waals surface area contributed by atoms with Crippen molar-refractivity contribution in [3.8, 4) is 6.07 Å². The number of nitrogens with two attached hydrogens (primary N) is 1. The lowest BCUT2D eigenvalue weighted by molar-refractivity contribution is -0.431. The summed E-state index contributed by atoms with van der Waals surface area (Å²) in [6, 6.07) is 11.1. The van der Waals surface area contributed by atoms with Crippen molar-refractivity contribution in [1.29, 1.82) is 5.26 Å². The summed E-state index contributed by atoms with van der Waals surface area (Å²) < 4.78 is 0. The molecule has 90 valence electrons. The summed E-state index contributed by atoms with van der Waals surface area (Å²) in [6.45, 7) is 0. The summed E-state index contributed by atoms with van der Waals surface area (Å²) in [5.74, 6) is -0.225. The molecule has 18 heavy (non-hydrogen) atoms. The van der Waals surface area contributed by atoms with Crippen molar-refractivity contribution in [3.05, 3.63) is 69.9 Å². The number of hydrogen-bond acceptors (Lipinski definition) is 4. The highest BCUT2D eigenvalue weighted by molar-refractivity contribution is 5.43. The number of nitrogens with zero attached hydrogens (tertiary/aromatic N) is 2. The Morgan fingerprint density at radius 2 is 2.06 bits per heavy atom. The fourth-order valence-electron chi connectivity index (χ4n) is 1.89. The van der Waals surface area contributed by atoms with E-state index in [9.17, 15) is 10.1 Å². The molecular weight excluding hydrogens is 230 g/mol. The molecule has 1 aromatic carbocycles. The fourth-order valence-corrected chi connectivity index (χ4v) is 1.89. The Balaban J connectivity index is 2.43. The molecule has 0 spiro atoms. The van der Waals surface area contributed by atoms with Gasteiger partial charge in [-0.3, -0.25) is 10.1 Å². The van der Waals surface area contributed by atoms with Crippen molar-refractivity contribution in [3.63, 3.8) is 0 Å². The Hall–Kier alpha value is -2.45. The van der Waals surface area contributed by atoms with E-state index in [1.54, 1.807) is 12.1 Å². The quantitative estimate of drug-likeness (QED) is 0.484. The van der Waals surface area contributed by atoms with Crippen molar-refractivity contribution < 1.29 is 4.92 Å². The van der Waals surface area contributed by atoms with Crippen LogP contribution in [-0.2, 0) is 0 Å². The van der Waals surface area contributed by atoms with Crippen molar-refractivity contribution in [2.45, 2.75) is 11.5 Å². The first-order chi connectivity index (χ1) is 8.57. The number of allylic oxidation sites excluding steroid dienone is 2. The molecule has 2 unspecified atom stereocenters. The van der Waals surface area contributed by atoms with Gasteiger partial charge in [0.15, 0.2) is 0 Å². The molecule has 0 aliphatic heterocycles. The molecule has 0 saturated heterocycles. The van der Waals surface area contributed by atoms with Gasteiger partial charge in [0.2, 0.25) is 5.54 Å². The van der Waals surface area contributed by atoms with E-state index in [1.807, 2.05) is 30.3 Å². The Bertz CT molecular complexity index is 572. The van der Waals surface area contributed by atoms with Crippen LogP contribution < -0.4 is 5.73 Å². The number of benzene rings is 1. The molecule has 0 amide bonds. The fraction of sp³-hybridized carbons (Fsp3) is 0.154. The largest absolute Gasteiger partial charge is 0.301 e. The normalized spacial score (nSPS) is 26.2. The average molecular weight is 241 g/mol. The third kappa shape index (κ3) is 2.01. The number of rotatable bonds is 2. The number of nitriles is 1. The highest BCUT2D eigenvalue weighted by Crippen LogP contribution is 2.30. The zero-order valence-corrected chi connectivity index (χ0v) is 9.48. The third-order valence-corrected chi connectivity index (χ3v) is 2.89. The van der Waals surface area contributed by atoms with Crippen LogP contribution in [0.3, 0.4) is 0 Å². The van der Waals surface area contributed by atoms with Crippen LogP contribution in [0.4, 0.5) is 0 Å². The molecule has 0 bridgehead atoms. The maximum atomic E-state index is 11.0. The van der Waals surface area contributed by atoms with Gasteiger partial charge in [-0.25, -0.2) is 0 Å². The molecule has 0 heterocycles. The lowest BCUT2D eigenvalue weighted by Crippen LogP contribution is -2.42. The molecule has 1 aromatic rings. The molecular formula is C13H11N3O2. The smallest absolute Gasteiger partial charge is 0.281 e. The summed E-state index contributed by atoms with van der Waals surface area (Å²) >= 11 is 0. The Kier molecular flexibility index (Phi) is 2.96. The van der Waals surface area contributed by atoms with Gasteiger partial charge in [-0.2, -0.15) is 5.26 Å². The van der Waals surface area contributed by atoms with E-state index in [4.69, 9.17) is 11.0 Å². The van der Waals surface area contributed by atoms with Crippen LogP contribution in [0.15, 0.2) is 54.3 Å². The zero-order valence-electron chi connectivity index (χ0n) is 9.48. The first-order valence-corrected chi connectivity index (χ1v) is 5.38. The summed E-state index contributed by atoms with van der Waals surface area (Å²) in [6.07, 6.45) is 4.53. The second-order valence-corrected chi connectivity index (χ2v) is 4.09. The first kappa shape index (κ1) is 12.0. The van der Waals surface area contributed by atoms with Gasteiger partial charge < -0.3 is 5.73 Å². The van der Waals surface area contributed by atoms with Crippen molar-refractivity contribution in [2.24, 2.45) is 5.73 Å². The molecule has 0 aromatic heterocycles. The topological polar surface area (TPSA) is 93.0 Å². The van der Waals surface area contributed by atoms with Crippen LogP contribution >= 0.6 is 0 Å². The van der Waals surface area contributed by atoms with Gasteiger partial charge in [0.05, 0.1) is 4.92 Å². The van der Waals surface area contributed by atoms with E-state index in [1.165, 1.54) is 12.2 Å². The molecule has 0 fully saturated rings. The van der Waals surface area contributed by atoms with Crippen LogP contribution in [0, 0.1) is 21.4 Å². The van der Waals surface area contributed by atoms with E-state index in [-0.39, 0.29) is 11.6 Å². The first-order valence-electron chi connectivity index (χ1n) is 5.38. The molecule has 1 aliphatic carbocycles. The third-order valence-electron chi connectivity index (χ3n) is 2.89. The molecule has 5 nitrogen and oxygen atoms in total. The highest BCUT2D eigenvalue weighted by Gasteiger charge is 2.40. The molecule has 5 heteroatoms.